The quantitative estimate of drug-likeness (QED) is 0.311. The fourth-order valence-electron chi connectivity index (χ4n) is 3.21. The highest BCUT2D eigenvalue weighted by Crippen LogP contribution is 2.29. The molecule has 0 bridgehead atoms. The molecule has 1 unspecified atom stereocenters. The summed E-state index contributed by atoms with van der Waals surface area (Å²) in [4.78, 5) is 47.6. The third kappa shape index (κ3) is 5.09. The summed E-state index contributed by atoms with van der Waals surface area (Å²) in [6.45, 7) is 1.08. The van der Waals surface area contributed by atoms with Gasteiger partial charge in [-0.05, 0) is 25.1 Å². The van der Waals surface area contributed by atoms with Crippen LogP contribution in [0.3, 0.4) is 0 Å². The molecule has 172 valence electrons. The number of nitro groups is 1. The van der Waals surface area contributed by atoms with E-state index >= 15 is 0 Å². The molecule has 33 heavy (non-hydrogen) atoms. The third-order valence-corrected chi connectivity index (χ3v) is 4.83. The monoisotopic (exact) mass is 455 g/mol. The van der Waals surface area contributed by atoms with Crippen molar-refractivity contribution in [1.29, 1.82) is 0 Å². The number of aromatic nitrogens is 1. The highest BCUT2D eigenvalue weighted by molar-refractivity contribution is 6.04. The molecular weight excluding hydrogens is 434 g/mol. The van der Waals surface area contributed by atoms with Crippen molar-refractivity contribution in [1.82, 2.24) is 4.57 Å². The number of nitrogens with one attached hydrogen (secondary N) is 1. The summed E-state index contributed by atoms with van der Waals surface area (Å²) in [5.41, 5.74) is 0.475. The topological polar surface area (TPSA) is 139 Å². The molecular formula is C22H21N3O8. The summed E-state index contributed by atoms with van der Waals surface area (Å²) in [7, 11) is 2.62. The van der Waals surface area contributed by atoms with Crippen LogP contribution in [-0.4, -0.2) is 47.7 Å². The van der Waals surface area contributed by atoms with Gasteiger partial charge in [0, 0.05) is 17.1 Å². The Balaban J connectivity index is 1.71. The van der Waals surface area contributed by atoms with Crippen molar-refractivity contribution >= 4 is 40.1 Å². The van der Waals surface area contributed by atoms with Crippen LogP contribution in [0, 0.1) is 10.1 Å². The highest BCUT2D eigenvalue weighted by atomic mass is 16.6. The first-order chi connectivity index (χ1) is 15.7. The SMILES string of the molecule is COC(=O)c1cn(CC(=O)OC(C)C(=O)Nc2ccc(OC)cc2[N+](=O)[O-])c2ccccc12. The first-order valence-corrected chi connectivity index (χ1v) is 9.74. The molecule has 0 aliphatic rings. The molecule has 3 aromatic rings. The van der Waals surface area contributed by atoms with Gasteiger partial charge >= 0.3 is 11.9 Å². The highest BCUT2D eigenvalue weighted by Gasteiger charge is 2.23. The lowest BCUT2D eigenvalue weighted by Crippen LogP contribution is -2.31. The van der Waals surface area contributed by atoms with E-state index in [1.807, 2.05) is 0 Å². The lowest BCUT2D eigenvalue weighted by molar-refractivity contribution is -0.384. The number of ether oxygens (including phenoxy) is 3. The van der Waals surface area contributed by atoms with E-state index in [2.05, 4.69) is 5.32 Å². The summed E-state index contributed by atoms with van der Waals surface area (Å²) in [5, 5.41) is 14.3. The van der Waals surface area contributed by atoms with Crippen molar-refractivity contribution in [2.45, 2.75) is 19.6 Å². The van der Waals surface area contributed by atoms with E-state index in [1.165, 1.54) is 50.1 Å². The van der Waals surface area contributed by atoms with Gasteiger partial charge in [0.25, 0.3) is 11.6 Å². The van der Waals surface area contributed by atoms with Gasteiger partial charge in [-0.2, -0.15) is 0 Å². The summed E-state index contributed by atoms with van der Waals surface area (Å²) in [5.74, 6) is -1.78. The van der Waals surface area contributed by atoms with E-state index in [4.69, 9.17) is 14.2 Å². The molecule has 0 fully saturated rings. The minimum absolute atomic E-state index is 0.0622. The fourth-order valence-corrected chi connectivity index (χ4v) is 3.21. The first-order valence-electron chi connectivity index (χ1n) is 9.74. The van der Waals surface area contributed by atoms with Crippen molar-refractivity contribution in [3.8, 4) is 5.75 Å². The van der Waals surface area contributed by atoms with Crippen LogP contribution in [0.5, 0.6) is 5.75 Å². The maximum Gasteiger partial charge on any atom is 0.340 e. The zero-order chi connectivity index (χ0) is 24.1. The molecule has 1 N–H and O–H groups in total. The van der Waals surface area contributed by atoms with Crippen LogP contribution in [0.25, 0.3) is 10.9 Å². The molecule has 0 radical (unpaired) electrons. The van der Waals surface area contributed by atoms with Gasteiger partial charge in [0.1, 0.15) is 18.0 Å². The minimum Gasteiger partial charge on any atom is -0.496 e. The van der Waals surface area contributed by atoms with Crippen LogP contribution < -0.4 is 10.1 Å². The van der Waals surface area contributed by atoms with Crippen molar-refractivity contribution in [3.05, 3.63) is 64.3 Å². The molecule has 0 spiro atoms. The number of methoxy groups -OCH3 is 2. The number of carbonyl (C=O) groups is 3. The first kappa shape index (κ1) is 23.3. The van der Waals surface area contributed by atoms with E-state index < -0.39 is 28.9 Å². The Morgan fingerprint density at radius 1 is 1.15 bits per heavy atom. The lowest BCUT2D eigenvalue weighted by atomic mass is 10.2. The second-order valence-corrected chi connectivity index (χ2v) is 6.94. The Morgan fingerprint density at radius 2 is 1.88 bits per heavy atom. The van der Waals surface area contributed by atoms with Crippen LogP contribution in [-0.2, 0) is 25.6 Å². The standard InChI is InChI=1S/C22H21N3O8/c1-13(21(27)23-17-9-8-14(31-2)10-19(17)25(29)30)33-20(26)12-24-11-16(22(28)32-3)15-6-4-5-7-18(15)24/h4-11,13H,12H2,1-3H3,(H,23,27). The summed E-state index contributed by atoms with van der Waals surface area (Å²) in [6.07, 6.45) is 0.240. The molecule has 1 atom stereocenters. The molecule has 1 amide bonds. The number of anilines is 1. The molecule has 0 saturated carbocycles. The largest absolute Gasteiger partial charge is 0.496 e. The van der Waals surface area contributed by atoms with Crippen molar-refractivity contribution in [2.24, 2.45) is 0 Å². The van der Waals surface area contributed by atoms with Gasteiger partial charge in [0.05, 0.1) is 30.8 Å². The maximum absolute atomic E-state index is 12.5. The number of nitrogens with zero attached hydrogens (tertiary/aromatic N) is 2. The number of para-hydroxylation sites is 1. The molecule has 0 aliphatic heterocycles. The van der Waals surface area contributed by atoms with E-state index in [-0.39, 0.29) is 23.7 Å². The Kier molecular flexibility index (Phi) is 6.91. The minimum atomic E-state index is -1.24. The molecule has 1 aromatic heterocycles. The second-order valence-electron chi connectivity index (χ2n) is 6.94. The maximum atomic E-state index is 12.5. The Bertz CT molecular complexity index is 1230. The van der Waals surface area contributed by atoms with Crippen LogP contribution in [0.2, 0.25) is 0 Å². The molecule has 1 heterocycles. The zero-order valence-corrected chi connectivity index (χ0v) is 18.1. The Labute approximate surface area is 188 Å². The Hall–Kier alpha value is -4.41. The smallest absolute Gasteiger partial charge is 0.340 e. The van der Waals surface area contributed by atoms with E-state index in [9.17, 15) is 24.5 Å². The van der Waals surface area contributed by atoms with Gasteiger partial charge in [-0.1, -0.05) is 18.2 Å². The number of hydrogen-bond donors (Lipinski definition) is 1. The van der Waals surface area contributed by atoms with E-state index in [0.717, 1.165) is 0 Å². The number of nitro benzene ring substituents is 1. The van der Waals surface area contributed by atoms with Gasteiger partial charge in [0.2, 0.25) is 0 Å². The average molecular weight is 455 g/mol. The number of amides is 1. The molecule has 2 aromatic carbocycles. The molecule has 0 aliphatic carbocycles. The number of hydrogen-bond acceptors (Lipinski definition) is 8. The van der Waals surface area contributed by atoms with Crippen LogP contribution in [0.15, 0.2) is 48.7 Å². The van der Waals surface area contributed by atoms with Crippen LogP contribution in [0.4, 0.5) is 11.4 Å². The summed E-state index contributed by atoms with van der Waals surface area (Å²) >= 11 is 0. The van der Waals surface area contributed by atoms with E-state index in [0.29, 0.717) is 16.5 Å². The zero-order valence-electron chi connectivity index (χ0n) is 18.1. The van der Waals surface area contributed by atoms with Crippen molar-refractivity contribution in [3.63, 3.8) is 0 Å². The molecule has 11 nitrogen and oxygen atoms in total. The number of carbonyl (C=O) groups excluding carboxylic acids is 3. The lowest BCUT2D eigenvalue weighted by Gasteiger charge is -2.14. The predicted octanol–water partition coefficient (Wildman–Crippen LogP) is 2.92. The van der Waals surface area contributed by atoms with Gasteiger partial charge < -0.3 is 24.1 Å². The number of benzene rings is 2. The van der Waals surface area contributed by atoms with Gasteiger partial charge in [-0.25, -0.2) is 4.79 Å². The molecule has 3 rings (SSSR count). The summed E-state index contributed by atoms with van der Waals surface area (Å²) < 4.78 is 16.4. The third-order valence-electron chi connectivity index (χ3n) is 4.83. The van der Waals surface area contributed by atoms with Crippen LogP contribution in [0.1, 0.15) is 17.3 Å². The predicted molar refractivity (Wildman–Crippen MR) is 117 cm³/mol. The van der Waals surface area contributed by atoms with Gasteiger partial charge in [-0.3, -0.25) is 19.7 Å². The summed E-state index contributed by atoms with van der Waals surface area (Å²) in [6, 6.07) is 10.9. The van der Waals surface area contributed by atoms with Gasteiger partial charge in [0.15, 0.2) is 6.10 Å². The Morgan fingerprint density at radius 3 is 2.55 bits per heavy atom. The number of fused-ring (bicyclic) bond motifs is 1. The van der Waals surface area contributed by atoms with Crippen molar-refractivity contribution in [2.75, 3.05) is 19.5 Å². The molecule has 0 saturated heterocycles. The van der Waals surface area contributed by atoms with Crippen molar-refractivity contribution < 1.29 is 33.5 Å². The van der Waals surface area contributed by atoms with E-state index in [1.54, 1.807) is 24.3 Å². The fraction of sp³-hybridized carbons (Fsp3) is 0.227. The number of rotatable bonds is 8. The van der Waals surface area contributed by atoms with Gasteiger partial charge in [-0.15, -0.1) is 0 Å². The number of esters is 2. The normalized spacial score (nSPS) is 11.5. The molecule has 11 heteroatoms. The van der Waals surface area contributed by atoms with Crippen LogP contribution >= 0.6 is 0 Å². The second kappa shape index (κ2) is 9.81. The average Bonchev–Trinajstić information content (AvgIpc) is 3.16.